The SMILES string of the molecule is CC(C1CC1)N(C(=O)c1sc2ccccc2c1Cl)C1CC1. The van der Waals surface area contributed by atoms with Gasteiger partial charge >= 0.3 is 0 Å². The molecule has 1 heterocycles. The summed E-state index contributed by atoms with van der Waals surface area (Å²) in [5, 5.41) is 1.64. The molecule has 2 nitrogen and oxygen atoms in total. The van der Waals surface area contributed by atoms with Crippen LogP contribution in [0.5, 0.6) is 0 Å². The Balaban J connectivity index is 1.72. The number of amides is 1. The van der Waals surface area contributed by atoms with Crippen molar-refractivity contribution in [1.29, 1.82) is 0 Å². The van der Waals surface area contributed by atoms with Gasteiger partial charge in [0.25, 0.3) is 5.91 Å². The largest absolute Gasteiger partial charge is 0.332 e. The molecular weight excluding hydrogens is 302 g/mol. The molecule has 2 saturated carbocycles. The average molecular weight is 320 g/mol. The minimum absolute atomic E-state index is 0.142. The molecule has 1 aromatic carbocycles. The van der Waals surface area contributed by atoms with Crippen molar-refractivity contribution in [2.45, 2.75) is 44.7 Å². The molecule has 2 aromatic rings. The fourth-order valence-corrected chi connectivity index (χ4v) is 4.57. The monoisotopic (exact) mass is 319 g/mol. The van der Waals surface area contributed by atoms with Gasteiger partial charge in [-0.3, -0.25) is 4.79 Å². The minimum Gasteiger partial charge on any atom is -0.332 e. The number of thiophene rings is 1. The summed E-state index contributed by atoms with van der Waals surface area (Å²) in [6, 6.07) is 8.79. The lowest BCUT2D eigenvalue weighted by molar-refractivity contribution is 0.0659. The topological polar surface area (TPSA) is 20.3 Å². The van der Waals surface area contributed by atoms with Crippen molar-refractivity contribution in [2.75, 3.05) is 0 Å². The first kappa shape index (κ1) is 13.6. The second kappa shape index (κ2) is 4.99. The number of halogens is 1. The molecule has 0 radical (unpaired) electrons. The van der Waals surface area contributed by atoms with Crippen molar-refractivity contribution in [1.82, 2.24) is 4.90 Å². The summed E-state index contributed by atoms with van der Waals surface area (Å²) >= 11 is 8.02. The molecule has 1 aromatic heterocycles. The maximum atomic E-state index is 13.0. The second-order valence-corrected chi connectivity index (χ2v) is 7.69. The van der Waals surface area contributed by atoms with Gasteiger partial charge in [-0.15, -0.1) is 11.3 Å². The van der Waals surface area contributed by atoms with E-state index in [2.05, 4.69) is 11.8 Å². The highest BCUT2D eigenvalue weighted by atomic mass is 35.5. The third kappa shape index (κ3) is 2.36. The Bertz CT molecular complexity index is 702. The van der Waals surface area contributed by atoms with Gasteiger partial charge < -0.3 is 4.90 Å². The fourth-order valence-electron chi connectivity index (χ4n) is 3.11. The molecule has 2 aliphatic carbocycles. The van der Waals surface area contributed by atoms with Crippen molar-refractivity contribution < 1.29 is 4.79 Å². The van der Waals surface area contributed by atoms with E-state index in [0.717, 1.165) is 27.8 Å². The predicted molar refractivity (Wildman–Crippen MR) is 88.2 cm³/mol. The van der Waals surface area contributed by atoms with E-state index >= 15 is 0 Å². The van der Waals surface area contributed by atoms with E-state index < -0.39 is 0 Å². The minimum atomic E-state index is 0.142. The van der Waals surface area contributed by atoms with Crippen LogP contribution in [0.15, 0.2) is 24.3 Å². The third-order valence-electron chi connectivity index (χ3n) is 4.65. The molecule has 2 fully saturated rings. The van der Waals surface area contributed by atoms with Crippen LogP contribution in [0.2, 0.25) is 5.02 Å². The molecule has 4 rings (SSSR count). The zero-order chi connectivity index (χ0) is 14.6. The Labute approximate surface area is 133 Å². The molecule has 1 unspecified atom stereocenters. The number of fused-ring (bicyclic) bond motifs is 1. The first-order chi connectivity index (χ1) is 10.2. The number of nitrogens with zero attached hydrogens (tertiary/aromatic N) is 1. The number of carbonyl (C=O) groups is 1. The van der Waals surface area contributed by atoms with E-state index in [4.69, 9.17) is 11.6 Å². The van der Waals surface area contributed by atoms with E-state index in [1.807, 2.05) is 24.3 Å². The van der Waals surface area contributed by atoms with Gasteiger partial charge in [-0.05, 0) is 44.6 Å². The smallest absolute Gasteiger partial charge is 0.266 e. The van der Waals surface area contributed by atoms with E-state index in [1.54, 1.807) is 0 Å². The fraction of sp³-hybridized carbons (Fsp3) is 0.471. The second-order valence-electron chi connectivity index (χ2n) is 6.26. The van der Waals surface area contributed by atoms with Gasteiger partial charge in [-0.25, -0.2) is 0 Å². The summed E-state index contributed by atoms with van der Waals surface area (Å²) in [6.07, 6.45) is 4.81. The van der Waals surface area contributed by atoms with E-state index in [1.165, 1.54) is 24.2 Å². The van der Waals surface area contributed by atoms with Crippen molar-refractivity contribution in [3.63, 3.8) is 0 Å². The number of carbonyl (C=O) groups excluding carboxylic acids is 1. The van der Waals surface area contributed by atoms with Crippen molar-refractivity contribution in [3.8, 4) is 0 Å². The molecular formula is C17H18ClNOS. The van der Waals surface area contributed by atoms with Gasteiger partial charge in [0.15, 0.2) is 0 Å². The molecule has 1 atom stereocenters. The number of benzene rings is 1. The average Bonchev–Trinajstić information content (AvgIpc) is 3.37. The quantitative estimate of drug-likeness (QED) is 0.780. The van der Waals surface area contributed by atoms with Crippen LogP contribution >= 0.6 is 22.9 Å². The van der Waals surface area contributed by atoms with Crippen LogP contribution < -0.4 is 0 Å². The van der Waals surface area contributed by atoms with E-state index in [9.17, 15) is 4.79 Å². The molecule has 0 saturated heterocycles. The van der Waals surface area contributed by atoms with Crippen LogP contribution in [0.3, 0.4) is 0 Å². The molecule has 110 valence electrons. The summed E-state index contributed by atoms with van der Waals surface area (Å²) in [6.45, 7) is 2.20. The number of hydrogen-bond acceptors (Lipinski definition) is 2. The van der Waals surface area contributed by atoms with E-state index in [-0.39, 0.29) is 5.91 Å². The lowest BCUT2D eigenvalue weighted by Crippen LogP contribution is -2.41. The first-order valence-corrected chi connectivity index (χ1v) is 8.86. The molecule has 0 bridgehead atoms. The van der Waals surface area contributed by atoms with Gasteiger partial charge in [-0.1, -0.05) is 29.8 Å². The molecule has 0 N–H and O–H groups in total. The van der Waals surface area contributed by atoms with Crippen LogP contribution in [0.1, 0.15) is 42.3 Å². The molecule has 0 aliphatic heterocycles. The summed E-state index contributed by atoms with van der Waals surface area (Å²) < 4.78 is 1.10. The van der Waals surface area contributed by atoms with Gasteiger partial charge in [0.2, 0.25) is 0 Å². The van der Waals surface area contributed by atoms with Crippen LogP contribution in [0.4, 0.5) is 0 Å². The molecule has 4 heteroatoms. The lowest BCUT2D eigenvalue weighted by Gasteiger charge is -2.29. The Kier molecular flexibility index (Phi) is 3.23. The van der Waals surface area contributed by atoms with Gasteiger partial charge in [0.1, 0.15) is 4.88 Å². The first-order valence-electron chi connectivity index (χ1n) is 7.66. The van der Waals surface area contributed by atoms with Crippen LogP contribution in [0, 0.1) is 5.92 Å². The van der Waals surface area contributed by atoms with Gasteiger partial charge in [0.05, 0.1) is 5.02 Å². The number of hydrogen-bond donors (Lipinski definition) is 0. The maximum Gasteiger partial charge on any atom is 0.266 e. The standard InChI is InChI=1S/C17H18ClNOS/c1-10(11-6-7-11)19(12-8-9-12)17(20)16-15(18)13-4-2-3-5-14(13)21-16/h2-5,10-12H,6-9H2,1H3. The Morgan fingerprint density at radius 3 is 2.62 bits per heavy atom. The van der Waals surface area contributed by atoms with Crippen molar-refractivity contribution >= 4 is 38.9 Å². The Hall–Kier alpha value is -1.06. The highest BCUT2D eigenvalue weighted by molar-refractivity contribution is 7.21. The highest BCUT2D eigenvalue weighted by Gasteiger charge is 2.42. The van der Waals surface area contributed by atoms with Crippen molar-refractivity contribution in [2.24, 2.45) is 5.92 Å². The van der Waals surface area contributed by atoms with Crippen LogP contribution in [0.25, 0.3) is 10.1 Å². The summed E-state index contributed by atoms with van der Waals surface area (Å²) in [7, 11) is 0. The Morgan fingerprint density at radius 2 is 2.00 bits per heavy atom. The van der Waals surface area contributed by atoms with Crippen molar-refractivity contribution in [3.05, 3.63) is 34.2 Å². The molecule has 1 amide bonds. The third-order valence-corrected chi connectivity index (χ3v) is 6.31. The molecule has 2 aliphatic rings. The molecule has 21 heavy (non-hydrogen) atoms. The maximum absolute atomic E-state index is 13.0. The number of rotatable bonds is 4. The molecule has 0 spiro atoms. The highest BCUT2D eigenvalue weighted by Crippen LogP contribution is 2.43. The van der Waals surface area contributed by atoms with E-state index in [0.29, 0.717) is 23.0 Å². The Morgan fingerprint density at radius 1 is 1.29 bits per heavy atom. The van der Waals surface area contributed by atoms with Crippen LogP contribution in [-0.4, -0.2) is 22.9 Å². The summed E-state index contributed by atoms with van der Waals surface area (Å²) in [4.78, 5) is 15.9. The zero-order valence-electron chi connectivity index (χ0n) is 12.0. The lowest BCUT2D eigenvalue weighted by atomic mass is 10.1. The summed E-state index contributed by atoms with van der Waals surface area (Å²) in [5.74, 6) is 0.839. The van der Waals surface area contributed by atoms with Gasteiger partial charge in [0, 0.05) is 22.2 Å². The normalized spacial score (nSPS) is 19.7. The van der Waals surface area contributed by atoms with Crippen LogP contribution in [-0.2, 0) is 0 Å². The predicted octanol–water partition coefficient (Wildman–Crippen LogP) is 4.96. The summed E-state index contributed by atoms with van der Waals surface area (Å²) in [5.41, 5.74) is 0. The zero-order valence-corrected chi connectivity index (χ0v) is 13.6. The van der Waals surface area contributed by atoms with Gasteiger partial charge in [-0.2, -0.15) is 0 Å².